The lowest BCUT2D eigenvalue weighted by atomic mass is 9.55. The van der Waals surface area contributed by atoms with Gasteiger partial charge in [-0.25, -0.2) is 0 Å². The maximum absolute atomic E-state index is 6.01. The van der Waals surface area contributed by atoms with Crippen molar-refractivity contribution < 1.29 is 14.0 Å². The van der Waals surface area contributed by atoms with Gasteiger partial charge in [0.2, 0.25) is 0 Å². The maximum atomic E-state index is 6.01. The molecule has 1 rings (SSSR count). The van der Waals surface area contributed by atoms with E-state index >= 15 is 0 Å². The molecule has 0 spiro atoms. The van der Waals surface area contributed by atoms with Crippen molar-refractivity contribution in [2.45, 2.75) is 79.1 Å². The summed E-state index contributed by atoms with van der Waals surface area (Å²) in [6, 6.07) is 0. The van der Waals surface area contributed by atoms with Gasteiger partial charge in [-0.05, 0) is 47.0 Å². The molecular weight excluding hydrogens is 226 g/mol. The lowest BCUT2D eigenvalue weighted by Gasteiger charge is -2.39. The van der Waals surface area contributed by atoms with Crippen molar-refractivity contribution in [3.63, 3.8) is 0 Å². The van der Waals surface area contributed by atoms with E-state index < -0.39 is 0 Å². The second-order valence-corrected chi connectivity index (χ2v) is 7.76. The van der Waals surface area contributed by atoms with Crippen LogP contribution < -0.4 is 0 Å². The molecule has 18 heavy (non-hydrogen) atoms. The van der Waals surface area contributed by atoms with E-state index in [1.54, 1.807) is 0 Å². The highest BCUT2D eigenvalue weighted by molar-refractivity contribution is 7.03. The second-order valence-electron chi connectivity index (χ2n) is 7.76. The fourth-order valence-electron chi connectivity index (χ4n) is 1.53. The molecule has 0 atom stereocenters. The third-order valence-corrected chi connectivity index (χ3v) is 4.69. The minimum Gasteiger partial charge on any atom is -0.436 e. The zero-order valence-corrected chi connectivity index (χ0v) is 13.5. The van der Waals surface area contributed by atoms with Crippen LogP contribution in [0.5, 0.6) is 0 Å². The topological polar surface area (TPSA) is 27.7 Å². The predicted octanol–water partition coefficient (Wildman–Crippen LogP) is 2.77. The van der Waals surface area contributed by atoms with Crippen LogP contribution in [-0.4, -0.2) is 31.2 Å². The van der Waals surface area contributed by atoms with Gasteiger partial charge < -0.3 is 14.0 Å². The van der Waals surface area contributed by atoms with E-state index in [1.807, 2.05) is 0 Å². The molecule has 1 aliphatic heterocycles. The summed E-state index contributed by atoms with van der Waals surface area (Å²) in [5.41, 5.74) is -0.701. The molecule has 0 amide bonds. The Labute approximate surface area is 113 Å². The summed E-state index contributed by atoms with van der Waals surface area (Å²) in [7, 11) is 0.188. The van der Waals surface area contributed by atoms with Crippen molar-refractivity contribution in [3.05, 3.63) is 0 Å². The van der Waals surface area contributed by atoms with Gasteiger partial charge in [0, 0.05) is 5.60 Å². The van der Waals surface area contributed by atoms with Crippen LogP contribution in [0.2, 0.25) is 0 Å². The van der Waals surface area contributed by atoms with Crippen LogP contribution in [0.3, 0.4) is 0 Å². The molecule has 1 heterocycles. The Morgan fingerprint density at radius 3 is 1.61 bits per heavy atom. The molecule has 0 bridgehead atoms. The molecule has 0 aromatic heterocycles. The van der Waals surface area contributed by atoms with Gasteiger partial charge in [-0.3, -0.25) is 0 Å². The average Bonchev–Trinajstić information content (AvgIpc) is 2.30. The Balaban J connectivity index is 2.58. The lowest BCUT2D eigenvalue weighted by Crippen LogP contribution is -2.44. The van der Waals surface area contributed by atoms with Crippen molar-refractivity contribution in [3.8, 4) is 0 Å². The second kappa shape index (κ2) is 4.53. The van der Waals surface area contributed by atoms with Crippen molar-refractivity contribution >= 4 is 14.4 Å². The summed E-state index contributed by atoms with van der Waals surface area (Å²) in [6.07, 6.45) is 0. The lowest BCUT2D eigenvalue weighted by molar-refractivity contribution is 0.00441. The van der Waals surface area contributed by atoms with Gasteiger partial charge >= 0.3 is 14.4 Å². The van der Waals surface area contributed by atoms with Crippen LogP contribution in [0.15, 0.2) is 0 Å². The highest BCUT2D eigenvalue weighted by Crippen LogP contribution is 2.37. The van der Waals surface area contributed by atoms with Gasteiger partial charge in [-0.2, -0.15) is 0 Å². The van der Waals surface area contributed by atoms with Crippen LogP contribution >= 0.6 is 0 Å². The molecular formula is C13H28B2O3. The standard InChI is InChI=1S/C13H28B2O3/c1-10(2,3)11(4,5)16-14-15-17-12(6,7)13(8,9)18-15/h14H,1-9H3. The Morgan fingerprint density at radius 2 is 1.28 bits per heavy atom. The number of rotatable bonds is 3. The summed E-state index contributed by atoms with van der Waals surface area (Å²) in [6.45, 7) is 19.0. The molecule has 1 aliphatic rings. The molecule has 0 radical (unpaired) electrons. The first-order valence-electron chi connectivity index (χ1n) is 6.78. The minimum absolute atomic E-state index is 0.0800. The smallest absolute Gasteiger partial charge is 0.436 e. The Morgan fingerprint density at radius 1 is 0.889 bits per heavy atom. The molecule has 0 aromatic carbocycles. The van der Waals surface area contributed by atoms with Crippen LogP contribution in [0, 0.1) is 5.41 Å². The Bertz CT molecular complexity index is 290. The quantitative estimate of drug-likeness (QED) is 0.724. The summed E-state index contributed by atoms with van der Waals surface area (Å²) in [5.74, 6) is 0. The van der Waals surface area contributed by atoms with E-state index in [4.69, 9.17) is 14.0 Å². The fraction of sp³-hybridized carbons (Fsp3) is 1.00. The van der Waals surface area contributed by atoms with Crippen molar-refractivity contribution in [2.75, 3.05) is 0 Å². The van der Waals surface area contributed by atoms with E-state index in [9.17, 15) is 0 Å². The molecule has 0 N–H and O–H groups in total. The first-order chi connectivity index (χ1) is 7.79. The number of hydrogen-bond donors (Lipinski definition) is 0. The molecule has 104 valence electrons. The van der Waals surface area contributed by atoms with Gasteiger partial charge in [-0.15, -0.1) is 0 Å². The molecule has 1 saturated heterocycles. The van der Waals surface area contributed by atoms with Crippen LogP contribution in [0.25, 0.3) is 0 Å². The monoisotopic (exact) mass is 254 g/mol. The first-order valence-corrected chi connectivity index (χ1v) is 6.78. The third-order valence-electron chi connectivity index (χ3n) is 4.69. The van der Waals surface area contributed by atoms with E-state index in [2.05, 4.69) is 62.3 Å². The van der Waals surface area contributed by atoms with Gasteiger partial charge in [0.05, 0.1) is 11.2 Å². The van der Waals surface area contributed by atoms with Crippen LogP contribution in [0.1, 0.15) is 62.3 Å². The highest BCUT2D eigenvalue weighted by atomic mass is 16.7. The molecule has 0 aliphatic carbocycles. The molecule has 5 heteroatoms. The zero-order chi connectivity index (χ0) is 14.4. The molecule has 0 saturated carbocycles. The predicted molar refractivity (Wildman–Crippen MR) is 77.9 cm³/mol. The average molecular weight is 254 g/mol. The Hall–Kier alpha value is 0.00987. The van der Waals surface area contributed by atoms with Crippen molar-refractivity contribution in [1.29, 1.82) is 0 Å². The third kappa shape index (κ3) is 3.12. The van der Waals surface area contributed by atoms with Gasteiger partial charge in [0.1, 0.15) is 0 Å². The summed E-state index contributed by atoms with van der Waals surface area (Å²) in [4.78, 5) is 0. The van der Waals surface area contributed by atoms with E-state index in [-0.39, 0.29) is 29.2 Å². The first kappa shape index (κ1) is 16.1. The van der Waals surface area contributed by atoms with Crippen LogP contribution in [0.4, 0.5) is 0 Å². The van der Waals surface area contributed by atoms with E-state index in [0.717, 1.165) is 0 Å². The van der Waals surface area contributed by atoms with Gasteiger partial charge in [-0.1, -0.05) is 20.8 Å². The van der Waals surface area contributed by atoms with E-state index in [1.165, 1.54) is 0 Å². The normalized spacial score (nSPS) is 23.3. The largest absolute Gasteiger partial charge is 0.441 e. The summed E-state index contributed by atoms with van der Waals surface area (Å²) in [5, 5.41) is 0. The molecule has 0 aromatic rings. The maximum Gasteiger partial charge on any atom is 0.441 e. The van der Waals surface area contributed by atoms with Gasteiger partial charge in [0.25, 0.3) is 0 Å². The minimum atomic E-state index is -0.285. The highest BCUT2D eigenvalue weighted by Gasteiger charge is 2.52. The molecule has 3 nitrogen and oxygen atoms in total. The van der Waals surface area contributed by atoms with Crippen molar-refractivity contribution in [2.24, 2.45) is 5.41 Å². The molecule has 1 fully saturated rings. The van der Waals surface area contributed by atoms with Gasteiger partial charge in [0.15, 0.2) is 0 Å². The summed E-state index contributed by atoms with van der Waals surface area (Å²) < 4.78 is 17.9. The van der Waals surface area contributed by atoms with Crippen molar-refractivity contribution in [1.82, 2.24) is 0 Å². The van der Waals surface area contributed by atoms with Crippen LogP contribution in [-0.2, 0) is 14.0 Å². The summed E-state index contributed by atoms with van der Waals surface area (Å²) >= 11 is 0. The Kier molecular flexibility index (Phi) is 4.05. The fourth-order valence-corrected chi connectivity index (χ4v) is 1.53. The number of hydrogen-bond acceptors (Lipinski definition) is 3. The zero-order valence-electron chi connectivity index (χ0n) is 13.5. The SMILES string of the molecule is CC(C)(C)C(C)(C)OBB1OC(C)(C)C(C)(C)O1. The van der Waals surface area contributed by atoms with E-state index in [0.29, 0.717) is 7.37 Å². The molecule has 0 unspecified atom stereocenters.